The van der Waals surface area contributed by atoms with Crippen LogP contribution in [0.5, 0.6) is 0 Å². The molecule has 0 aromatic heterocycles. The number of hydrogen-bond acceptors (Lipinski definition) is 6. The van der Waals surface area contributed by atoms with Crippen molar-refractivity contribution < 1.29 is 22.7 Å². The molecule has 8 nitrogen and oxygen atoms in total. The Morgan fingerprint density at radius 2 is 1.79 bits per heavy atom. The Labute approximate surface area is 143 Å². The Morgan fingerprint density at radius 3 is 2.33 bits per heavy atom. The molecule has 9 heteroatoms. The zero-order valence-corrected chi connectivity index (χ0v) is 15.3. The lowest BCUT2D eigenvalue weighted by Gasteiger charge is -2.34. The van der Waals surface area contributed by atoms with E-state index >= 15 is 0 Å². The van der Waals surface area contributed by atoms with Crippen LogP contribution < -0.4 is 0 Å². The first-order valence-corrected chi connectivity index (χ1v) is 10.2. The standard InChI is InChI=1S/C15H27N3O5S/c1-3-23-15(20)18-9-7-17(8-10-18)14(19)4-6-16(2)13-5-11-24(21,22)12-13/h13H,3-12H2,1-2H3. The summed E-state index contributed by atoms with van der Waals surface area (Å²) in [6.07, 6.45) is 0.685. The number of carbonyl (C=O) groups excluding carboxylic acids is 2. The number of amides is 2. The molecule has 138 valence electrons. The van der Waals surface area contributed by atoms with E-state index in [2.05, 4.69) is 0 Å². The minimum atomic E-state index is -2.90. The molecule has 0 radical (unpaired) electrons. The van der Waals surface area contributed by atoms with Gasteiger partial charge in [0.1, 0.15) is 0 Å². The lowest BCUT2D eigenvalue weighted by molar-refractivity contribution is -0.133. The van der Waals surface area contributed by atoms with Gasteiger partial charge >= 0.3 is 6.09 Å². The van der Waals surface area contributed by atoms with Gasteiger partial charge in [0.05, 0.1) is 18.1 Å². The zero-order chi connectivity index (χ0) is 17.7. The molecule has 2 aliphatic rings. The normalized spacial score (nSPS) is 23.5. The average molecular weight is 361 g/mol. The second-order valence-corrected chi connectivity index (χ2v) is 8.58. The zero-order valence-electron chi connectivity index (χ0n) is 14.4. The third-order valence-corrected chi connectivity index (χ3v) is 6.42. The minimum Gasteiger partial charge on any atom is -0.450 e. The van der Waals surface area contributed by atoms with E-state index in [9.17, 15) is 18.0 Å². The first-order valence-electron chi connectivity index (χ1n) is 8.42. The molecule has 2 rings (SSSR count). The Bertz CT molecular complexity index is 557. The van der Waals surface area contributed by atoms with Gasteiger partial charge in [0.15, 0.2) is 9.84 Å². The van der Waals surface area contributed by atoms with Crippen molar-refractivity contribution in [3.63, 3.8) is 0 Å². The third-order valence-electron chi connectivity index (χ3n) is 4.67. The SMILES string of the molecule is CCOC(=O)N1CCN(C(=O)CCN(C)C2CCS(=O)(=O)C2)CC1. The van der Waals surface area contributed by atoms with Crippen molar-refractivity contribution in [2.24, 2.45) is 0 Å². The first kappa shape index (κ1) is 19.0. The first-order chi connectivity index (χ1) is 11.3. The highest BCUT2D eigenvalue weighted by Crippen LogP contribution is 2.17. The molecule has 2 aliphatic heterocycles. The van der Waals surface area contributed by atoms with E-state index in [0.717, 1.165) is 0 Å². The Kier molecular flexibility index (Phi) is 6.45. The van der Waals surface area contributed by atoms with E-state index in [1.165, 1.54) is 0 Å². The smallest absolute Gasteiger partial charge is 0.409 e. The van der Waals surface area contributed by atoms with Gasteiger partial charge in [0.2, 0.25) is 5.91 Å². The van der Waals surface area contributed by atoms with Crippen molar-refractivity contribution in [3.8, 4) is 0 Å². The predicted molar refractivity (Wildman–Crippen MR) is 89.5 cm³/mol. The maximum atomic E-state index is 12.3. The number of sulfone groups is 1. The molecule has 0 aliphatic carbocycles. The summed E-state index contributed by atoms with van der Waals surface area (Å²) in [7, 11) is -1.03. The lowest BCUT2D eigenvalue weighted by atomic mass is 10.2. The molecule has 1 atom stereocenters. The van der Waals surface area contributed by atoms with Gasteiger partial charge in [-0.2, -0.15) is 0 Å². The molecule has 2 saturated heterocycles. The van der Waals surface area contributed by atoms with Crippen LogP contribution in [0.25, 0.3) is 0 Å². The number of rotatable bonds is 5. The van der Waals surface area contributed by atoms with E-state index in [1.807, 2.05) is 11.9 Å². The molecule has 0 bridgehead atoms. The van der Waals surface area contributed by atoms with E-state index < -0.39 is 9.84 Å². The Balaban J connectivity index is 1.71. The summed E-state index contributed by atoms with van der Waals surface area (Å²) in [6.45, 7) is 4.67. The van der Waals surface area contributed by atoms with E-state index in [0.29, 0.717) is 52.2 Å². The third kappa shape index (κ3) is 5.07. The quantitative estimate of drug-likeness (QED) is 0.674. The van der Waals surface area contributed by atoms with Crippen molar-refractivity contribution in [2.45, 2.75) is 25.8 Å². The molecule has 0 saturated carbocycles. The van der Waals surface area contributed by atoms with Crippen LogP contribution in [-0.4, -0.2) is 99.0 Å². The molecule has 1 unspecified atom stereocenters. The maximum absolute atomic E-state index is 12.3. The molecule has 0 aromatic rings. The number of ether oxygens (including phenoxy) is 1. The van der Waals surface area contributed by atoms with Crippen molar-refractivity contribution in [2.75, 3.05) is 57.9 Å². The monoisotopic (exact) mass is 361 g/mol. The van der Waals surface area contributed by atoms with Gasteiger partial charge in [0.25, 0.3) is 0 Å². The van der Waals surface area contributed by atoms with Gasteiger partial charge in [-0.25, -0.2) is 13.2 Å². The largest absolute Gasteiger partial charge is 0.450 e. The van der Waals surface area contributed by atoms with Crippen LogP contribution in [0.1, 0.15) is 19.8 Å². The second-order valence-electron chi connectivity index (χ2n) is 6.35. The summed E-state index contributed by atoms with van der Waals surface area (Å²) >= 11 is 0. The summed E-state index contributed by atoms with van der Waals surface area (Å²) in [4.78, 5) is 29.3. The van der Waals surface area contributed by atoms with Crippen LogP contribution in [0.15, 0.2) is 0 Å². The van der Waals surface area contributed by atoms with Crippen molar-refractivity contribution >= 4 is 21.8 Å². The topological polar surface area (TPSA) is 87.2 Å². The van der Waals surface area contributed by atoms with Gasteiger partial charge in [0, 0.05) is 45.2 Å². The summed E-state index contributed by atoms with van der Waals surface area (Å²) in [5, 5.41) is 0. The van der Waals surface area contributed by atoms with Crippen LogP contribution in [0.3, 0.4) is 0 Å². The molecule has 2 amide bonds. The molecule has 24 heavy (non-hydrogen) atoms. The summed E-state index contributed by atoms with van der Waals surface area (Å²) in [6, 6.07) is 0.0171. The summed E-state index contributed by atoms with van der Waals surface area (Å²) in [5.41, 5.74) is 0. The molecule has 0 spiro atoms. The number of hydrogen-bond donors (Lipinski definition) is 0. The fourth-order valence-corrected chi connectivity index (χ4v) is 4.89. The van der Waals surface area contributed by atoms with Crippen LogP contribution in [0.2, 0.25) is 0 Å². The maximum Gasteiger partial charge on any atom is 0.409 e. The molecular weight excluding hydrogens is 334 g/mol. The number of nitrogens with zero attached hydrogens (tertiary/aromatic N) is 3. The van der Waals surface area contributed by atoms with Gasteiger partial charge in [-0.05, 0) is 20.4 Å². The van der Waals surface area contributed by atoms with Gasteiger partial charge in [-0.1, -0.05) is 0 Å². The molecular formula is C15H27N3O5S. The Hall–Kier alpha value is -1.35. The lowest BCUT2D eigenvalue weighted by Crippen LogP contribution is -2.51. The predicted octanol–water partition coefficient (Wildman–Crippen LogP) is -0.204. The summed E-state index contributed by atoms with van der Waals surface area (Å²) in [5.74, 6) is 0.480. The van der Waals surface area contributed by atoms with E-state index in [1.54, 1.807) is 16.7 Å². The molecule has 0 aromatic carbocycles. The molecule has 2 fully saturated rings. The van der Waals surface area contributed by atoms with Crippen molar-refractivity contribution in [3.05, 3.63) is 0 Å². The van der Waals surface area contributed by atoms with E-state index in [-0.39, 0.29) is 29.5 Å². The van der Waals surface area contributed by atoms with Crippen LogP contribution >= 0.6 is 0 Å². The molecule has 2 heterocycles. The highest BCUT2D eigenvalue weighted by Gasteiger charge is 2.31. The van der Waals surface area contributed by atoms with Crippen LogP contribution in [-0.2, 0) is 19.4 Å². The van der Waals surface area contributed by atoms with Crippen LogP contribution in [0, 0.1) is 0 Å². The number of carbonyl (C=O) groups is 2. The van der Waals surface area contributed by atoms with Gasteiger partial charge < -0.3 is 19.4 Å². The van der Waals surface area contributed by atoms with Crippen molar-refractivity contribution in [1.29, 1.82) is 0 Å². The van der Waals surface area contributed by atoms with E-state index in [4.69, 9.17) is 4.74 Å². The Morgan fingerprint density at radius 1 is 1.17 bits per heavy atom. The minimum absolute atomic E-state index is 0.0171. The number of piperazine rings is 1. The van der Waals surface area contributed by atoms with Crippen molar-refractivity contribution in [1.82, 2.24) is 14.7 Å². The van der Waals surface area contributed by atoms with Gasteiger partial charge in [-0.3, -0.25) is 4.79 Å². The molecule has 0 N–H and O–H groups in total. The average Bonchev–Trinajstić information content (AvgIpc) is 2.92. The highest BCUT2D eigenvalue weighted by molar-refractivity contribution is 7.91. The fourth-order valence-electron chi connectivity index (χ4n) is 3.09. The summed E-state index contributed by atoms with van der Waals surface area (Å²) < 4.78 is 28.0. The fraction of sp³-hybridized carbons (Fsp3) is 0.867. The highest BCUT2D eigenvalue weighted by atomic mass is 32.2. The second kappa shape index (κ2) is 8.15. The van der Waals surface area contributed by atoms with Gasteiger partial charge in [-0.15, -0.1) is 0 Å². The van der Waals surface area contributed by atoms with Crippen LogP contribution in [0.4, 0.5) is 4.79 Å².